The Morgan fingerprint density at radius 3 is 2.53 bits per heavy atom. The molecule has 0 bridgehead atoms. The van der Waals surface area contributed by atoms with Crippen molar-refractivity contribution in [2.75, 3.05) is 14.1 Å². The molecule has 1 aromatic rings. The predicted molar refractivity (Wildman–Crippen MR) is 59.2 cm³/mol. The number of carbonyl (C=O) groups is 1. The SMILES string of the molecule is C=Nc1cc(C(=O)N(C)C)oc1C(=C)N. The standard InChI is InChI=1S/C10H13N3O2/c1-6(11)9-7(12-2)5-8(15-9)10(14)13(3)4/h5H,1-2,11H2,3-4H3. The van der Waals surface area contributed by atoms with Gasteiger partial charge in [-0.05, 0) is 6.72 Å². The van der Waals surface area contributed by atoms with Gasteiger partial charge in [0.15, 0.2) is 11.5 Å². The normalized spacial score (nSPS) is 9.73. The summed E-state index contributed by atoms with van der Waals surface area (Å²) in [7, 11) is 3.26. The first kappa shape index (κ1) is 11.0. The third-order valence-corrected chi connectivity index (χ3v) is 1.79. The van der Waals surface area contributed by atoms with E-state index in [0.717, 1.165) is 0 Å². The lowest BCUT2D eigenvalue weighted by Gasteiger charge is -2.06. The van der Waals surface area contributed by atoms with E-state index < -0.39 is 0 Å². The van der Waals surface area contributed by atoms with Crippen molar-refractivity contribution in [1.29, 1.82) is 0 Å². The van der Waals surface area contributed by atoms with Crippen LogP contribution in [0.3, 0.4) is 0 Å². The maximum Gasteiger partial charge on any atom is 0.289 e. The Kier molecular flexibility index (Phi) is 2.94. The number of carbonyl (C=O) groups excluding carboxylic acids is 1. The lowest BCUT2D eigenvalue weighted by atomic mass is 10.3. The van der Waals surface area contributed by atoms with Gasteiger partial charge in [0.1, 0.15) is 5.69 Å². The van der Waals surface area contributed by atoms with E-state index in [9.17, 15) is 4.79 Å². The third kappa shape index (κ3) is 2.07. The van der Waals surface area contributed by atoms with E-state index in [1.807, 2.05) is 0 Å². The number of hydrogen-bond acceptors (Lipinski definition) is 4. The highest BCUT2D eigenvalue weighted by molar-refractivity contribution is 5.93. The van der Waals surface area contributed by atoms with Crippen molar-refractivity contribution >= 4 is 24.0 Å². The highest BCUT2D eigenvalue weighted by Crippen LogP contribution is 2.27. The van der Waals surface area contributed by atoms with Crippen LogP contribution < -0.4 is 5.73 Å². The zero-order valence-corrected chi connectivity index (χ0v) is 8.78. The topological polar surface area (TPSA) is 71.8 Å². The molecule has 0 aliphatic rings. The molecular weight excluding hydrogens is 194 g/mol. The van der Waals surface area contributed by atoms with E-state index in [1.54, 1.807) is 14.1 Å². The van der Waals surface area contributed by atoms with Crippen LogP contribution in [0.5, 0.6) is 0 Å². The van der Waals surface area contributed by atoms with E-state index in [1.165, 1.54) is 11.0 Å². The number of nitrogens with zero attached hydrogens (tertiary/aromatic N) is 2. The molecule has 5 heteroatoms. The second kappa shape index (κ2) is 4.00. The predicted octanol–water partition coefficient (Wildman–Crippen LogP) is 1.24. The van der Waals surface area contributed by atoms with Crippen molar-refractivity contribution in [2.45, 2.75) is 0 Å². The highest BCUT2D eigenvalue weighted by atomic mass is 16.4. The molecule has 15 heavy (non-hydrogen) atoms. The minimum atomic E-state index is -0.257. The van der Waals surface area contributed by atoms with Crippen molar-refractivity contribution < 1.29 is 9.21 Å². The molecule has 1 heterocycles. The van der Waals surface area contributed by atoms with Crippen molar-refractivity contribution in [3.63, 3.8) is 0 Å². The van der Waals surface area contributed by atoms with E-state index in [4.69, 9.17) is 10.2 Å². The molecule has 5 nitrogen and oxygen atoms in total. The molecule has 1 amide bonds. The largest absolute Gasteiger partial charge is 0.447 e. The fraction of sp³-hybridized carbons (Fsp3) is 0.200. The number of hydrogen-bond donors (Lipinski definition) is 1. The van der Waals surface area contributed by atoms with Crippen LogP contribution >= 0.6 is 0 Å². The van der Waals surface area contributed by atoms with Gasteiger partial charge in [-0.15, -0.1) is 0 Å². The van der Waals surface area contributed by atoms with Crippen molar-refractivity contribution in [3.8, 4) is 0 Å². The average molecular weight is 207 g/mol. The van der Waals surface area contributed by atoms with E-state index >= 15 is 0 Å². The highest BCUT2D eigenvalue weighted by Gasteiger charge is 2.18. The van der Waals surface area contributed by atoms with Crippen LogP contribution in [0.2, 0.25) is 0 Å². The van der Waals surface area contributed by atoms with Gasteiger partial charge in [-0.1, -0.05) is 6.58 Å². The maximum absolute atomic E-state index is 11.5. The Morgan fingerprint density at radius 1 is 1.60 bits per heavy atom. The van der Waals surface area contributed by atoms with Crippen molar-refractivity contribution in [1.82, 2.24) is 4.90 Å². The molecule has 0 fully saturated rings. The molecule has 0 saturated carbocycles. The monoisotopic (exact) mass is 207 g/mol. The maximum atomic E-state index is 11.5. The second-order valence-electron chi connectivity index (χ2n) is 3.21. The molecule has 1 aromatic heterocycles. The summed E-state index contributed by atoms with van der Waals surface area (Å²) >= 11 is 0. The van der Waals surface area contributed by atoms with Crippen LogP contribution in [-0.2, 0) is 0 Å². The van der Waals surface area contributed by atoms with E-state index in [-0.39, 0.29) is 23.1 Å². The van der Waals surface area contributed by atoms with Crippen LogP contribution in [0.15, 0.2) is 22.1 Å². The summed E-state index contributed by atoms with van der Waals surface area (Å²) in [4.78, 5) is 16.6. The van der Waals surface area contributed by atoms with Gasteiger partial charge in [0.05, 0.1) is 5.70 Å². The van der Waals surface area contributed by atoms with Gasteiger partial charge in [0.25, 0.3) is 5.91 Å². The Morgan fingerprint density at radius 2 is 2.20 bits per heavy atom. The summed E-state index contributed by atoms with van der Waals surface area (Å²) in [6, 6.07) is 1.49. The molecule has 80 valence electrons. The molecular formula is C10H13N3O2. The summed E-state index contributed by atoms with van der Waals surface area (Å²) in [6.45, 7) is 6.88. The van der Waals surface area contributed by atoms with Crippen LogP contribution in [-0.4, -0.2) is 31.6 Å². The van der Waals surface area contributed by atoms with Crippen molar-refractivity contribution in [3.05, 3.63) is 24.2 Å². The van der Waals surface area contributed by atoms with Gasteiger partial charge < -0.3 is 15.1 Å². The summed E-state index contributed by atoms with van der Waals surface area (Å²) in [6.07, 6.45) is 0. The van der Waals surface area contributed by atoms with Gasteiger partial charge >= 0.3 is 0 Å². The van der Waals surface area contributed by atoms with E-state index in [0.29, 0.717) is 5.69 Å². The number of rotatable bonds is 3. The molecule has 2 N–H and O–H groups in total. The minimum absolute atomic E-state index is 0.170. The summed E-state index contributed by atoms with van der Waals surface area (Å²) in [5, 5.41) is 0. The number of nitrogens with two attached hydrogens (primary N) is 1. The van der Waals surface area contributed by atoms with Gasteiger partial charge in [-0.3, -0.25) is 9.79 Å². The van der Waals surface area contributed by atoms with E-state index in [2.05, 4.69) is 18.3 Å². The molecule has 1 rings (SSSR count). The average Bonchev–Trinajstić information content (AvgIpc) is 2.59. The Labute approximate surface area is 87.9 Å². The summed E-state index contributed by atoms with van der Waals surface area (Å²) in [5.41, 5.74) is 6.12. The molecule has 0 atom stereocenters. The molecule has 0 aromatic carbocycles. The van der Waals surface area contributed by atoms with Crippen molar-refractivity contribution in [2.24, 2.45) is 10.7 Å². The molecule has 0 spiro atoms. The summed E-state index contributed by atoms with van der Waals surface area (Å²) < 4.78 is 5.24. The quantitative estimate of drug-likeness (QED) is 0.758. The molecule has 0 radical (unpaired) electrons. The Hall–Kier alpha value is -2.04. The summed E-state index contributed by atoms with van der Waals surface area (Å²) in [5.74, 6) is 0.201. The van der Waals surface area contributed by atoms with Gasteiger partial charge in [-0.25, -0.2) is 0 Å². The molecule has 0 aliphatic heterocycles. The van der Waals surface area contributed by atoms with Crippen LogP contribution in [0.25, 0.3) is 5.70 Å². The van der Waals surface area contributed by atoms with Crippen LogP contribution in [0.1, 0.15) is 16.3 Å². The minimum Gasteiger partial charge on any atom is -0.447 e. The molecule has 0 unspecified atom stereocenters. The number of aliphatic imine (C=N–C) groups is 1. The first-order valence-corrected chi connectivity index (χ1v) is 4.24. The Balaban J connectivity index is 3.19. The first-order valence-electron chi connectivity index (χ1n) is 4.24. The van der Waals surface area contributed by atoms with Crippen LogP contribution in [0.4, 0.5) is 5.69 Å². The third-order valence-electron chi connectivity index (χ3n) is 1.79. The zero-order valence-electron chi connectivity index (χ0n) is 8.78. The van der Waals surface area contributed by atoms with Gasteiger partial charge in [-0.2, -0.15) is 0 Å². The number of furan rings is 1. The fourth-order valence-electron chi connectivity index (χ4n) is 1.05. The second-order valence-corrected chi connectivity index (χ2v) is 3.21. The van der Waals surface area contributed by atoms with Crippen LogP contribution in [0, 0.1) is 0 Å². The fourth-order valence-corrected chi connectivity index (χ4v) is 1.05. The lowest BCUT2D eigenvalue weighted by molar-refractivity contribution is 0.0796. The smallest absolute Gasteiger partial charge is 0.289 e. The molecule has 0 saturated heterocycles. The first-order chi connectivity index (χ1) is 6.97. The van der Waals surface area contributed by atoms with Gasteiger partial charge in [0.2, 0.25) is 0 Å². The Bertz CT molecular complexity index is 418. The zero-order chi connectivity index (χ0) is 11.6. The number of amides is 1. The molecule has 0 aliphatic carbocycles. The lowest BCUT2D eigenvalue weighted by Crippen LogP contribution is -2.20. The van der Waals surface area contributed by atoms with Gasteiger partial charge in [0, 0.05) is 20.2 Å².